The highest BCUT2D eigenvalue weighted by molar-refractivity contribution is 7.93. The highest BCUT2D eigenvalue weighted by Gasteiger charge is 2.15. The van der Waals surface area contributed by atoms with Gasteiger partial charge in [0.05, 0.1) is 11.8 Å². The number of anilines is 1. The van der Waals surface area contributed by atoms with E-state index in [-0.39, 0.29) is 0 Å². The van der Waals surface area contributed by atoms with Gasteiger partial charge in [-0.2, -0.15) is 5.10 Å². The first-order chi connectivity index (χ1) is 8.97. The molecular weight excluding hydrogens is 264 g/mol. The molecular formula is C12H16N4O2S. The van der Waals surface area contributed by atoms with Crippen LogP contribution in [0.5, 0.6) is 0 Å². The summed E-state index contributed by atoms with van der Waals surface area (Å²) in [6.07, 6.45) is 3.11. The molecule has 7 heteroatoms. The van der Waals surface area contributed by atoms with Gasteiger partial charge in [0, 0.05) is 5.69 Å². The molecule has 1 heterocycles. The molecule has 2 aromatic rings. The number of hydrogen-bond acceptors (Lipinski definition) is 4. The average molecular weight is 280 g/mol. The molecule has 6 nitrogen and oxygen atoms in total. The van der Waals surface area contributed by atoms with Crippen molar-refractivity contribution in [3.63, 3.8) is 0 Å². The van der Waals surface area contributed by atoms with Gasteiger partial charge >= 0.3 is 0 Å². The minimum Gasteiger partial charge on any atom is -0.283 e. The lowest BCUT2D eigenvalue weighted by atomic mass is 10.2. The zero-order valence-corrected chi connectivity index (χ0v) is 11.6. The fourth-order valence-corrected chi connectivity index (χ4v) is 2.16. The largest absolute Gasteiger partial charge is 0.283 e. The molecule has 1 aromatic heterocycles. The van der Waals surface area contributed by atoms with Crippen molar-refractivity contribution >= 4 is 15.7 Å². The summed E-state index contributed by atoms with van der Waals surface area (Å²) in [6.45, 7) is 3.89. The number of aromatic nitrogens is 3. The lowest BCUT2D eigenvalue weighted by Gasteiger charge is -2.11. The molecule has 0 aliphatic heterocycles. The van der Waals surface area contributed by atoms with Crippen molar-refractivity contribution in [2.24, 2.45) is 0 Å². The molecule has 0 unspecified atom stereocenters. The van der Waals surface area contributed by atoms with E-state index in [2.05, 4.69) is 14.8 Å². The Morgan fingerprint density at radius 2 is 1.95 bits per heavy atom. The number of hydrogen-bond donors (Lipinski definition) is 1. The van der Waals surface area contributed by atoms with Gasteiger partial charge in [0.25, 0.3) is 0 Å². The maximum atomic E-state index is 11.7. The molecule has 0 atom stereocenters. The zero-order chi connectivity index (χ0) is 13.9. The van der Waals surface area contributed by atoms with Gasteiger partial charge in [0.1, 0.15) is 12.7 Å². The van der Waals surface area contributed by atoms with Crippen LogP contribution >= 0.6 is 0 Å². The van der Waals surface area contributed by atoms with Crippen LogP contribution in [0, 0.1) is 0 Å². The first-order valence-corrected chi connectivity index (χ1v) is 7.45. The highest BCUT2D eigenvalue weighted by atomic mass is 32.2. The fourth-order valence-electron chi connectivity index (χ4n) is 1.46. The van der Waals surface area contributed by atoms with Gasteiger partial charge in [-0.25, -0.2) is 18.1 Å². The third-order valence-corrected chi connectivity index (χ3v) is 4.41. The van der Waals surface area contributed by atoms with Crippen LogP contribution in [0.3, 0.4) is 0 Å². The molecule has 1 N–H and O–H groups in total. The van der Waals surface area contributed by atoms with Crippen molar-refractivity contribution in [3.8, 4) is 0 Å². The van der Waals surface area contributed by atoms with E-state index >= 15 is 0 Å². The monoisotopic (exact) mass is 280 g/mol. The molecule has 0 fully saturated rings. The summed E-state index contributed by atoms with van der Waals surface area (Å²) in [4.78, 5) is 3.86. The standard InChI is InChI=1S/C12H16N4O2S/c1-10(2)19(17,18)15-12-5-3-11(4-6-12)7-16-9-13-8-14-16/h3-6,8-10,15H,7H2,1-2H3. The second-order valence-corrected chi connectivity index (χ2v) is 6.72. The molecule has 19 heavy (non-hydrogen) atoms. The molecule has 0 bridgehead atoms. The van der Waals surface area contributed by atoms with Crippen LogP contribution in [0.4, 0.5) is 5.69 Å². The normalized spacial score (nSPS) is 11.7. The minimum atomic E-state index is -3.29. The van der Waals surface area contributed by atoms with Crippen LogP contribution in [-0.2, 0) is 16.6 Å². The van der Waals surface area contributed by atoms with Crippen molar-refractivity contribution in [2.75, 3.05) is 4.72 Å². The number of sulfonamides is 1. The van der Waals surface area contributed by atoms with Crippen LogP contribution < -0.4 is 4.72 Å². The summed E-state index contributed by atoms with van der Waals surface area (Å²) in [5.74, 6) is 0. The van der Waals surface area contributed by atoms with E-state index in [0.717, 1.165) is 5.56 Å². The second kappa shape index (κ2) is 5.40. The predicted molar refractivity (Wildman–Crippen MR) is 73.2 cm³/mol. The molecule has 0 radical (unpaired) electrons. The minimum absolute atomic E-state index is 0.456. The Hall–Kier alpha value is -1.89. The van der Waals surface area contributed by atoms with Crippen LogP contribution in [0.25, 0.3) is 0 Å². The first kappa shape index (κ1) is 13.5. The molecule has 102 valence electrons. The van der Waals surface area contributed by atoms with Crippen LogP contribution in [0.15, 0.2) is 36.9 Å². The maximum absolute atomic E-state index is 11.7. The fraction of sp³-hybridized carbons (Fsp3) is 0.333. The van der Waals surface area contributed by atoms with Gasteiger partial charge in [-0.15, -0.1) is 0 Å². The average Bonchev–Trinajstić information content (AvgIpc) is 2.84. The maximum Gasteiger partial charge on any atom is 0.235 e. The van der Waals surface area contributed by atoms with Gasteiger partial charge in [0.2, 0.25) is 10.0 Å². The summed E-state index contributed by atoms with van der Waals surface area (Å²) < 4.78 is 27.7. The highest BCUT2D eigenvalue weighted by Crippen LogP contribution is 2.13. The van der Waals surface area contributed by atoms with Gasteiger partial charge in [-0.05, 0) is 31.5 Å². The van der Waals surface area contributed by atoms with E-state index in [1.54, 1.807) is 37.0 Å². The smallest absolute Gasteiger partial charge is 0.235 e. The Balaban J connectivity index is 2.07. The first-order valence-electron chi connectivity index (χ1n) is 5.90. The van der Waals surface area contributed by atoms with Gasteiger partial charge in [-0.3, -0.25) is 4.72 Å². The van der Waals surface area contributed by atoms with E-state index in [1.807, 2.05) is 12.1 Å². The SMILES string of the molecule is CC(C)S(=O)(=O)Nc1ccc(Cn2cncn2)cc1. The Morgan fingerprint density at radius 3 is 2.47 bits per heavy atom. The molecule has 0 amide bonds. The lowest BCUT2D eigenvalue weighted by molar-refractivity contribution is 0.593. The van der Waals surface area contributed by atoms with E-state index in [4.69, 9.17) is 0 Å². The van der Waals surface area contributed by atoms with Crippen molar-refractivity contribution < 1.29 is 8.42 Å². The van der Waals surface area contributed by atoms with Gasteiger partial charge < -0.3 is 0 Å². The molecule has 0 spiro atoms. The summed E-state index contributed by atoms with van der Waals surface area (Å²) in [5.41, 5.74) is 1.59. The Bertz CT molecular complexity index is 618. The quantitative estimate of drug-likeness (QED) is 0.900. The van der Waals surface area contributed by atoms with Crippen LogP contribution in [-0.4, -0.2) is 28.4 Å². The molecule has 0 aliphatic rings. The van der Waals surface area contributed by atoms with Gasteiger partial charge in [0.15, 0.2) is 0 Å². The molecule has 2 rings (SSSR count). The van der Waals surface area contributed by atoms with E-state index in [1.165, 1.54) is 6.33 Å². The van der Waals surface area contributed by atoms with Crippen LogP contribution in [0.1, 0.15) is 19.4 Å². The Morgan fingerprint density at radius 1 is 1.26 bits per heavy atom. The van der Waals surface area contributed by atoms with Crippen molar-refractivity contribution in [2.45, 2.75) is 25.6 Å². The number of nitrogens with zero attached hydrogens (tertiary/aromatic N) is 3. The Labute approximate surface area is 112 Å². The van der Waals surface area contributed by atoms with Crippen molar-refractivity contribution in [3.05, 3.63) is 42.5 Å². The Kier molecular flexibility index (Phi) is 3.84. The van der Waals surface area contributed by atoms with Crippen LogP contribution in [0.2, 0.25) is 0 Å². The summed E-state index contributed by atoms with van der Waals surface area (Å²) in [5, 5.41) is 3.55. The molecule has 0 aliphatic carbocycles. The number of rotatable bonds is 5. The summed E-state index contributed by atoms with van der Waals surface area (Å²) in [6, 6.07) is 7.21. The van der Waals surface area contributed by atoms with E-state index < -0.39 is 15.3 Å². The molecule has 0 saturated heterocycles. The molecule has 0 saturated carbocycles. The summed E-state index contributed by atoms with van der Waals surface area (Å²) in [7, 11) is -3.29. The van der Waals surface area contributed by atoms with Crippen molar-refractivity contribution in [1.29, 1.82) is 0 Å². The number of benzene rings is 1. The second-order valence-electron chi connectivity index (χ2n) is 4.49. The van der Waals surface area contributed by atoms with Crippen molar-refractivity contribution in [1.82, 2.24) is 14.8 Å². The lowest BCUT2D eigenvalue weighted by Crippen LogP contribution is -2.22. The van der Waals surface area contributed by atoms with E-state index in [9.17, 15) is 8.42 Å². The van der Waals surface area contributed by atoms with E-state index in [0.29, 0.717) is 12.2 Å². The third-order valence-electron chi connectivity index (χ3n) is 2.65. The predicted octanol–water partition coefficient (Wildman–Crippen LogP) is 1.48. The number of nitrogens with one attached hydrogen (secondary N) is 1. The van der Waals surface area contributed by atoms with Gasteiger partial charge in [-0.1, -0.05) is 12.1 Å². The topological polar surface area (TPSA) is 76.9 Å². The molecule has 1 aromatic carbocycles. The summed E-state index contributed by atoms with van der Waals surface area (Å²) >= 11 is 0. The third kappa shape index (κ3) is 3.54. The zero-order valence-electron chi connectivity index (χ0n) is 10.8.